The summed E-state index contributed by atoms with van der Waals surface area (Å²) in [6.07, 6.45) is 1.59. The highest BCUT2D eigenvalue weighted by molar-refractivity contribution is 9.10. The summed E-state index contributed by atoms with van der Waals surface area (Å²) in [6, 6.07) is 4.45. The minimum absolute atomic E-state index is 0.247. The second-order valence-corrected chi connectivity index (χ2v) is 5.03. The molecule has 1 aliphatic heterocycles. The van der Waals surface area contributed by atoms with Crippen molar-refractivity contribution in [3.8, 4) is 0 Å². The van der Waals surface area contributed by atoms with E-state index in [1.165, 1.54) is 23.4 Å². The molecular weight excluding hydrogens is 296 g/mol. The highest BCUT2D eigenvalue weighted by atomic mass is 79.9. The van der Waals surface area contributed by atoms with Crippen LogP contribution in [0.5, 0.6) is 0 Å². The average Bonchev–Trinajstić information content (AvgIpc) is 2.33. The van der Waals surface area contributed by atoms with E-state index in [9.17, 15) is 8.78 Å². The van der Waals surface area contributed by atoms with Gasteiger partial charge in [-0.1, -0.05) is 27.7 Å². The number of benzene rings is 1. The lowest BCUT2D eigenvalue weighted by Crippen LogP contribution is -2.26. The first-order chi connectivity index (χ1) is 7.68. The first kappa shape index (κ1) is 11.8. The summed E-state index contributed by atoms with van der Waals surface area (Å²) in [4.78, 5) is 4.07. The molecule has 0 radical (unpaired) electrons. The zero-order chi connectivity index (χ0) is 11.6. The van der Waals surface area contributed by atoms with Gasteiger partial charge in [0.25, 0.3) is 0 Å². The maximum Gasteiger partial charge on any atom is 0.136 e. The second kappa shape index (κ2) is 4.67. The number of aliphatic imine (C=N–C) groups is 1. The van der Waals surface area contributed by atoms with Crippen molar-refractivity contribution in [3.63, 3.8) is 0 Å². The molecule has 1 aromatic carbocycles. The minimum Gasteiger partial charge on any atom is -0.267 e. The first-order valence-corrected chi connectivity index (χ1v) is 6.30. The van der Waals surface area contributed by atoms with E-state index in [0.29, 0.717) is 4.47 Å². The number of thioether (sulfide) groups is 1. The normalized spacial score (nSPS) is 23.7. The zero-order valence-corrected chi connectivity index (χ0v) is 10.6. The number of nitrogens with zero attached hydrogens (tertiary/aromatic N) is 1. The Morgan fingerprint density at radius 1 is 1.44 bits per heavy atom. The number of hydrogen-bond acceptors (Lipinski definition) is 2. The van der Waals surface area contributed by atoms with Gasteiger partial charge in [-0.2, -0.15) is 0 Å². The topological polar surface area (TPSA) is 12.4 Å². The van der Waals surface area contributed by atoms with Crippen LogP contribution < -0.4 is 0 Å². The number of halogens is 3. The standard InChI is InChI=1S/C11H8BrF2NS/c12-8-1-2-10(14)9(5-8)11(6-13)3-4-16-7-15-11/h1-5,7H,6H2/t11-/m1/s1. The van der Waals surface area contributed by atoms with Crippen LogP contribution in [-0.4, -0.2) is 12.2 Å². The average molecular weight is 304 g/mol. The third kappa shape index (κ3) is 2.06. The maximum atomic E-state index is 13.7. The lowest BCUT2D eigenvalue weighted by molar-refractivity contribution is 0.361. The molecule has 0 unspecified atom stereocenters. The van der Waals surface area contributed by atoms with Gasteiger partial charge in [0.2, 0.25) is 0 Å². The van der Waals surface area contributed by atoms with Crippen molar-refractivity contribution in [1.82, 2.24) is 0 Å². The molecule has 5 heteroatoms. The van der Waals surface area contributed by atoms with Gasteiger partial charge in [-0.3, -0.25) is 4.99 Å². The molecule has 0 aliphatic carbocycles. The van der Waals surface area contributed by atoms with E-state index in [2.05, 4.69) is 20.9 Å². The molecule has 1 aliphatic rings. The Bertz CT molecular complexity index is 447. The van der Waals surface area contributed by atoms with Crippen LogP contribution in [0.2, 0.25) is 0 Å². The first-order valence-electron chi connectivity index (χ1n) is 4.56. The van der Waals surface area contributed by atoms with Gasteiger partial charge in [0.05, 0.1) is 5.55 Å². The number of alkyl halides is 1. The third-order valence-corrected chi connectivity index (χ3v) is 3.38. The molecule has 0 saturated heterocycles. The summed E-state index contributed by atoms with van der Waals surface area (Å²) in [5.41, 5.74) is 0.566. The van der Waals surface area contributed by atoms with E-state index in [0.717, 1.165) is 0 Å². The minimum atomic E-state index is -1.21. The molecule has 84 valence electrons. The fourth-order valence-corrected chi connectivity index (χ4v) is 2.48. The van der Waals surface area contributed by atoms with Crippen LogP contribution in [0.15, 0.2) is 39.1 Å². The van der Waals surface area contributed by atoms with Crippen molar-refractivity contribution < 1.29 is 8.78 Å². The quantitative estimate of drug-likeness (QED) is 0.803. The molecule has 0 N–H and O–H groups in total. The Kier molecular flexibility index (Phi) is 3.44. The van der Waals surface area contributed by atoms with Gasteiger partial charge in [0, 0.05) is 10.0 Å². The molecular formula is C11H8BrF2NS. The molecule has 0 saturated carbocycles. The van der Waals surface area contributed by atoms with Crippen LogP contribution in [0, 0.1) is 5.82 Å². The molecule has 0 spiro atoms. The van der Waals surface area contributed by atoms with Crippen LogP contribution in [0.1, 0.15) is 5.56 Å². The fourth-order valence-electron chi connectivity index (χ4n) is 1.49. The van der Waals surface area contributed by atoms with Gasteiger partial charge in [0.15, 0.2) is 0 Å². The Hall–Kier alpha value is -0.680. The summed E-state index contributed by atoms with van der Waals surface area (Å²) < 4.78 is 27.6. The van der Waals surface area contributed by atoms with E-state index in [-0.39, 0.29) is 5.56 Å². The van der Waals surface area contributed by atoms with Crippen molar-refractivity contribution >= 4 is 33.2 Å². The van der Waals surface area contributed by atoms with E-state index in [1.807, 2.05) is 0 Å². The van der Waals surface area contributed by atoms with Gasteiger partial charge in [-0.15, -0.1) is 0 Å². The van der Waals surface area contributed by atoms with Crippen LogP contribution in [-0.2, 0) is 5.54 Å². The monoisotopic (exact) mass is 303 g/mol. The van der Waals surface area contributed by atoms with Crippen molar-refractivity contribution in [3.05, 3.63) is 45.5 Å². The maximum absolute atomic E-state index is 13.7. The Balaban J connectivity index is 2.55. The van der Waals surface area contributed by atoms with Gasteiger partial charge in [-0.25, -0.2) is 8.78 Å². The molecule has 0 amide bonds. The largest absolute Gasteiger partial charge is 0.267 e. The fraction of sp³-hybridized carbons (Fsp3) is 0.182. The highest BCUT2D eigenvalue weighted by Gasteiger charge is 2.32. The van der Waals surface area contributed by atoms with Gasteiger partial charge in [0.1, 0.15) is 18.0 Å². The van der Waals surface area contributed by atoms with Crippen molar-refractivity contribution in [2.24, 2.45) is 4.99 Å². The van der Waals surface area contributed by atoms with E-state index >= 15 is 0 Å². The van der Waals surface area contributed by atoms with Crippen LogP contribution in [0.4, 0.5) is 8.78 Å². The predicted molar refractivity (Wildman–Crippen MR) is 67.0 cm³/mol. The van der Waals surface area contributed by atoms with Crippen molar-refractivity contribution in [1.29, 1.82) is 0 Å². The van der Waals surface area contributed by atoms with Crippen LogP contribution in [0.25, 0.3) is 0 Å². The zero-order valence-electron chi connectivity index (χ0n) is 8.16. The molecule has 16 heavy (non-hydrogen) atoms. The highest BCUT2D eigenvalue weighted by Crippen LogP contribution is 2.35. The second-order valence-electron chi connectivity index (χ2n) is 3.36. The Morgan fingerprint density at radius 2 is 2.25 bits per heavy atom. The Labute approximate surface area is 105 Å². The molecule has 1 atom stereocenters. The van der Waals surface area contributed by atoms with E-state index in [4.69, 9.17) is 0 Å². The van der Waals surface area contributed by atoms with E-state index < -0.39 is 18.0 Å². The van der Waals surface area contributed by atoms with Crippen molar-refractivity contribution in [2.45, 2.75) is 5.54 Å². The summed E-state index contributed by atoms with van der Waals surface area (Å²) in [7, 11) is 0. The summed E-state index contributed by atoms with van der Waals surface area (Å²) in [6.45, 7) is -0.756. The Morgan fingerprint density at radius 3 is 2.88 bits per heavy atom. The summed E-state index contributed by atoms with van der Waals surface area (Å²) >= 11 is 4.59. The molecule has 1 nitrogen and oxygen atoms in total. The summed E-state index contributed by atoms with van der Waals surface area (Å²) in [5.74, 6) is -0.449. The van der Waals surface area contributed by atoms with E-state index in [1.54, 1.807) is 23.6 Å². The van der Waals surface area contributed by atoms with Gasteiger partial charge < -0.3 is 0 Å². The lowest BCUT2D eigenvalue weighted by Gasteiger charge is -2.25. The molecule has 0 fully saturated rings. The number of hydrogen-bond donors (Lipinski definition) is 0. The molecule has 0 aromatic heterocycles. The van der Waals surface area contributed by atoms with Crippen LogP contribution in [0.3, 0.4) is 0 Å². The molecule has 1 heterocycles. The SMILES string of the molecule is FC[C@@]1(c2cc(Br)ccc2F)C=CSC=N1. The molecule has 2 rings (SSSR count). The predicted octanol–water partition coefficient (Wildman–Crippen LogP) is 4.04. The third-order valence-electron chi connectivity index (χ3n) is 2.36. The number of rotatable bonds is 2. The molecule has 1 aromatic rings. The smallest absolute Gasteiger partial charge is 0.136 e. The van der Waals surface area contributed by atoms with Gasteiger partial charge >= 0.3 is 0 Å². The summed E-state index contributed by atoms with van der Waals surface area (Å²) in [5, 5.41) is 1.72. The molecule has 0 bridgehead atoms. The van der Waals surface area contributed by atoms with Crippen molar-refractivity contribution in [2.75, 3.05) is 6.67 Å². The lowest BCUT2D eigenvalue weighted by atomic mass is 9.91. The van der Waals surface area contributed by atoms with Crippen LogP contribution >= 0.6 is 27.7 Å². The van der Waals surface area contributed by atoms with Gasteiger partial charge in [-0.05, 0) is 29.7 Å².